The number of allylic oxidation sites excluding steroid dienone is 4. The molecule has 0 aromatic rings. The molecule has 292 valence electrons. The van der Waals surface area contributed by atoms with Gasteiger partial charge in [0.15, 0.2) is 6.10 Å². The van der Waals surface area contributed by atoms with Crippen molar-refractivity contribution in [1.82, 2.24) is 0 Å². The molecule has 6 nitrogen and oxygen atoms in total. The van der Waals surface area contributed by atoms with Crippen LogP contribution in [0.2, 0.25) is 0 Å². The Balaban J connectivity index is 4.29. The van der Waals surface area contributed by atoms with E-state index in [4.69, 9.17) is 14.2 Å². The first-order valence-corrected chi connectivity index (χ1v) is 21.3. The van der Waals surface area contributed by atoms with Crippen LogP contribution in [-0.4, -0.2) is 37.2 Å². The maximum absolute atomic E-state index is 12.6. The normalized spacial score (nSPS) is 12.1. The van der Waals surface area contributed by atoms with Gasteiger partial charge in [-0.1, -0.05) is 161 Å². The van der Waals surface area contributed by atoms with Gasteiger partial charge in [-0.3, -0.25) is 14.4 Å². The zero-order valence-electron chi connectivity index (χ0n) is 33.2. The van der Waals surface area contributed by atoms with Gasteiger partial charge >= 0.3 is 17.9 Å². The van der Waals surface area contributed by atoms with Gasteiger partial charge in [0.25, 0.3) is 0 Å². The van der Waals surface area contributed by atoms with Crippen molar-refractivity contribution in [3.63, 3.8) is 0 Å². The van der Waals surface area contributed by atoms with Crippen LogP contribution in [0.4, 0.5) is 0 Å². The summed E-state index contributed by atoms with van der Waals surface area (Å²) in [6.45, 7) is 6.51. The predicted molar refractivity (Wildman–Crippen MR) is 210 cm³/mol. The Kier molecular flexibility index (Phi) is 38.0. The quantitative estimate of drug-likeness (QED) is 0.0275. The molecule has 50 heavy (non-hydrogen) atoms. The van der Waals surface area contributed by atoms with E-state index in [0.29, 0.717) is 19.3 Å². The molecule has 0 aromatic carbocycles. The molecule has 0 radical (unpaired) electrons. The van der Waals surface area contributed by atoms with Gasteiger partial charge in [0.1, 0.15) is 13.2 Å². The maximum Gasteiger partial charge on any atom is 0.306 e. The van der Waals surface area contributed by atoms with Crippen molar-refractivity contribution in [1.29, 1.82) is 0 Å². The fourth-order valence-corrected chi connectivity index (χ4v) is 5.89. The molecule has 0 saturated carbocycles. The van der Waals surface area contributed by atoms with Gasteiger partial charge in [-0.15, -0.1) is 0 Å². The molecule has 0 amide bonds. The SMILES string of the molecule is CCCC/C=C\CCCCCCCC(=O)OC(COC(=O)CCCCCCCC)COC(=O)CCCCCCC/C=C\CCCCCCCC. The summed E-state index contributed by atoms with van der Waals surface area (Å²) >= 11 is 0. The van der Waals surface area contributed by atoms with Crippen molar-refractivity contribution in [2.24, 2.45) is 0 Å². The van der Waals surface area contributed by atoms with E-state index in [-0.39, 0.29) is 31.1 Å². The van der Waals surface area contributed by atoms with Crippen LogP contribution in [0.15, 0.2) is 24.3 Å². The van der Waals surface area contributed by atoms with Crippen LogP contribution < -0.4 is 0 Å². The highest BCUT2D eigenvalue weighted by Gasteiger charge is 2.19. The van der Waals surface area contributed by atoms with E-state index in [1.165, 1.54) is 103 Å². The molecule has 0 aliphatic heterocycles. The van der Waals surface area contributed by atoms with Crippen LogP contribution in [-0.2, 0) is 28.6 Å². The summed E-state index contributed by atoms with van der Waals surface area (Å²) in [5, 5.41) is 0. The van der Waals surface area contributed by atoms with E-state index in [0.717, 1.165) is 77.0 Å². The minimum Gasteiger partial charge on any atom is -0.462 e. The number of esters is 3. The number of hydrogen-bond donors (Lipinski definition) is 0. The van der Waals surface area contributed by atoms with Gasteiger partial charge in [0.2, 0.25) is 0 Å². The van der Waals surface area contributed by atoms with Crippen molar-refractivity contribution in [2.45, 2.75) is 226 Å². The monoisotopic (exact) mass is 705 g/mol. The van der Waals surface area contributed by atoms with E-state index in [1.54, 1.807) is 0 Å². The number of ether oxygens (including phenoxy) is 3. The van der Waals surface area contributed by atoms with Gasteiger partial charge in [-0.05, 0) is 64.2 Å². The molecule has 0 N–H and O–H groups in total. The summed E-state index contributed by atoms with van der Waals surface area (Å²) < 4.78 is 16.6. The fourth-order valence-electron chi connectivity index (χ4n) is 5.89. The van der Waals surface area contributed by atoms with E-state index < -0.39 is 6.10 Å². The lowest BCUT2D eigenvalue weighted by Crippen LogP contribution is -2.30. The highest BCUT2D eigenvalue weighted by molar-refractivity contribution is 5.71. The molecule has 0 rings (SSSR count). The van der Waals surface area contributed by atoms with Crippen LogP contribution in [0.5, 0.6) is 0 Å². The molecule has 0 saturated heterocycles. The molecule has 0 aliphatic rings. The van der Waals surface area contributed by atoms with Crippen LogP contribution >= 0.6 is 0 Å². The van der Waals surface area contributed by atoms with Gasteiger partial charge in [-0.25, -0.2) is 0 Å². The maximum atomic E-state index is 12.6. The first-order valence-electron chi connectivity index (χ1n) is 21.3. The average Bonchev–Trinajstić information content (AvgIpc) is 3.11. The second-order valence-corrected chi connectivity index (χ2v) is 14.3. The first kappa shape index (κ1) is 47.9. The highest BCUT2D eigenvalue weighted by Crippen LogP contribution is 2.13. The van der Waals surface area contributed by atoms with Crippen molar-refractivity contribution < 1.29 is 28.6 Å². The molecule has 0 bridgehead atoms. The van der Waals surface area contributed by atoms with Crippen LogP contribution in [0, 0.1) is 0 Å². The molecule has 1 atom stereocenters. The Labute approximate surface area is 309 Å². The Morgan fingerprint density at radius 1 is 0.380 bits per heavy atom. The Bertz CT molecular complexity index is 819. The zero-order valence-corrected chi connectivity index (χ0v) is 33.2. The number of carbonyl (C=O) groups is 3. The number of hydrogen-bond acceptors (Lipinski definition) is 6. The van der Waals surface area contributed by atoms with E-state index in [2.05, 4.69) is 45.1 Å². The zero-order chi connectivity index (χ0) is 36.6. The largest absolute Gasteiger partial charge is 0.462 e. The predicted octanol–water partition coefficient (Wildman–Crippen LogP) is 13.2. The average molecular weight is 705 g/mol. The molecular weight excluding hydrogens is 624 g/mol. The number of unbranched alkanes of at least 4 members (excludes halogenated alkanes) is 23. The molecular formula is C44H80O6. The third-order valence-electron chi connectivity index (χ3n) is 9.18. The standard InChI is InChI=1S/C44H80O6/c1-4-7-10-13-16-18-20-21-22-23-25-26-28-31-34-37-43(46)49-40-41(39-48-42(45)36-33-30-15-12-9-6-3)50-44(47)38-35-32-29-27-24-19-17-14-11-8-5-2/h14,17,21-22,41H,4-13,15-16,18-20,23-40H2,1-3H3/b17-14-,22-21-. The lowest BCUT2D eigenvalue weighted by molar-refractivity contribution is -0.167. The second-order valence-electron chi connectivity index (χ2n) is 14.3. The molecule has 0 heterocycles. The van der Waals surface area contributed by atoms with E-state index >= 15 is 0 Å². The molecule has 0 fully saturated rings. The molecule has 1 unspecified atom stereocenters. The van der Waals surface area contributed by atoms with Crippen molar-refractivity contribution >= 4 is 17.9 Å². The lowest BCUT2D eigenvalue weighted by Gasteiger charge is -2.18. The van der Waals surface area contributed by atoms with Gasteiger partial charge in [-0.2, -0.15) is 0 Å². The first-order chi connectivity index (χ1) is 24.5. The highest BCUT2D eigenvalue weighted by atomic mass is 16.6. The van der Waals surface area contributed by atoms with Crippen molar-refractivity contribution in [2.75, 3.05) is 13.2 Å². The summed E-state index contributed by atoms with van der Waals surface area (Å²) in [5.41, 5.74) is 0. The minimum atomic E-state index is -0.770. The Morgan fingerprint density at radius 3 is 1.06 bits per heavy atom. The van der Waals surface area contributed by atoms with Crippen molar-refractivity contribution in [3.05, 3.63) is 24.3 Å². The smallest absolute Gasteiger partial charge is 0.306 e. The number of carbonyl (C=O) groups excluding carboxylic acids is 3. The Morgan fingerprint density at radius 2 is 0.680 bits per heavy atom. The van der Waals surface area contributed by atoms with Crippen LogP contribution in [0.1, 0.15) is 220 Å². The van der Waals surface area contributed by atoms with E-state index in [1.807, 2.05) is 0 Å². The summed E-state index contributed by atoms with van der Waals surface area (Å²) in [4.78, 5) is 37.4. The summed E-state index contributed by atoms with van der Waals surface area (Å²) in [7, 11) is 0. The van der Waals surface area contributed by atoms with Crippen LogP contribution in [0.3, 0.4) is 0 Å². The topological polar surface area (TPSA) is 78.9 Å². The third-order valence-corrected chi connectivity index (χ3v) is 9.18. The summed E-state index contributed by atoms with van der Waals surface area (Å²) in [5.74, 6) is -0.905. The van der Waals surface area contributed by atoms with Gasteiger partial charge in [0.05, 0.1) is 0 Å². The van der Waals surface area contributed by atoms with E-state index in [9.17, 15) is 14.4 Å². The summed E-state index contributed by atoms with van der Waals surface area (Å²) in [6.07, 6.45) is 41.8. The number of rotatable bonds is 38. The molecule has 0 spiro atoms. The lowest BCUT2D eigenvalue weighted by atomic mass is 10.1. The Hall–Kier alpha value is -2.11. The summed E-state index contributed by atoms with van der Waals surface area (Å²) in [6, 6.07) is 0. The minimum absolute atomic E-state index is 0.0765. The molecule has 0 aliphatic carbocycles. The second kappa shape index (κ2) is 39.7. The van der Waals surface area contributed by atoms with Gasteiger partial charge < -0.3 is 14.2 Å². The van der Waals surface area contributed by atoms with Crippen LogP contribution in [0.25, 0.3) is 0 Å². The molecule has 0 aromatic heterocycles. The van der Waals surface area contributed by atoms with Crippen molar-refractivity contribution in [3.8, 4) is 0 Å². The molecule has 6 heteroatoms. The third kappa shape index (κ3) is 37.2. The fraction of sp³-hybridized carbons (Fsp3) is 0.841. The van der Waals surface area contributed by atoms with Gasteiger partial charge in [0, 0.05) is 19.3 Å².